The summed E-state index contributed by atoms with van der Waals surface area (Å²) in [4.78, 5) is 0. The second-order valence-corrected chi connectivity index (χ2v) is 15.8. The molecule has 0 saturated carbocycles. The number of nitriles is 1. The standard InChI is InChI=1S/C15H32N3O2PS3/c1-5-6-14-24(19,20)18(13-11-9-7-8-10-12-16)21(22,17-4)23-15(2)3/h15H,5-11,13-14H2,1-4H3,(H,17,22). The van der Waals surface area contributed by atoms with Crippen molar-refractivity contribution in [1.82, 2.24) is 9.16 Å². The fourth-order valence-corrected chi connectivity index (χ4v) is 13.2. The van der Waals surface area contributed by atoms with Crippen LogP contribution in [0, 0.1) is 11.3 Å². The highest BCUT2D eigenvalue weighted by atomic mass is 32.9. The Morgan fingerprint density at radius 2 is 1.88 bits per heavy atom. The van der Waals surface area contributed by atoms with E-state index < -0.39 is 15.6 Å². The Hall–Kier alpha value is 0.360. The molecular weight excluding hydrogens is 381 g/mol. The van der Waals surface area contributed by atoms with Gasteiger partial charge in [0.1, 0.15) is 5.54 Å². The first-order valence-electron chi connectivity index (χ1n) is 8.58. The molecule has 9 heteroatoms. The fourth-order valence-electron chi connectivity index (χ4n) is 2.17. The lowest BCUT2D eigenvalue weighted by atomic mass is 10.1. The molecule has 0 heterocycles. The van der Waals surface area contributed by atoms with Gasteiger partial charge < -0.3 is 0 Å². The molecule has 1 N–H and O–H groups in total. The lowest BCUT2D eigenvalue weighted by Crippen LogP contribution is -2.34. The zero-order valence-corrected chi connectivity index (χ0v) is 18.7. The maximum atomic E-state index is 12.8. The van der Waals surface area contributed by atoms with Crippen molar-refractivity contribution in [2.45, 2.75) is 71.0 Å². The molecule has 1 unspecified atom stereocenters. The van der Waals surface area contributed by atoms with Crippen LogP contribution in [-0.2, 0) is 21.8 Å². The smallest absolute Gasteiger partial charge is 0.219 e. The summed E-state index contributed by atoms with van der Waals surface area (Å²) in [6.07, 6.45) is 5.61. The minimum atomic E-state index is -3.35. The Balaban J connectivity index is 5.08. The van der Waals surface area contributed by atoms with Crippen LogP contribution in [0.3, 0.4) is 0 Å². The molecule has 0 aliphatic rings. The summed E-state index contributed by atoms with van der Waals surface area (Å²) in [6.45, 7) is 6.55. The molecule has 0 aliphatic carbocycles. The second kappa shape index (κ2) is 12.7. The zero-order valence-electron chi connectivity index (χ0n) is 15.3. The minimum Gasteiger partial charge on any atom is -0.272 e. The van der Waals surface area contributed by atoms with E-state index in [1.54, 1.807) is 22.5 Å². The van der Waals surface area contributed by atoms with E-state index in [1.807, 2.05) is 20.8 Å². The van der Waals surface area contributed by atoms with Crippen LogP contribution < -0.4 is 5.09 Å². The number of sulfonamides is 1. The molecule has 24 heavy (non-hydrogen) atoms. The Bertz CT molecular complexity index is 533. The number of hydrogen-bond donors (Lipinski definition) is 1. The van der Waals surface area contributed by atoms with Gasteiger partial charge in [-0.2, -0.15) is 9.34 Å². The highest BCUT2D eigenvalue weighted by Gasteiger charge is 2.34. The van der Waals surface area contributed by atoms with Gasteiger partial charge in [0, 0.05) is 18.2 Å². The van der Waals surface area contributed by atoms with Crippen LogP contribution in [0.2, 0.25) is 0 Å². The van der Waals surface area contributed by atoms with E-state index in [-0.39, 0.29) is 11.0 Å². The molecule has 0 aromatic rings. The third-order valence-electron chi connectivity index (χ3n) is 3.39. The van der Waals surface area contributed by atoms with E-state index in [2.05, 4.69) is 11.2 Å². The van der Waals surface area contributed by atoms with Crippen LogP contribution in [0.4, 0.5) is 0 Å². The summed E-state index contributed by atoms with van der Waals surface area (Å²) in [5.74, 6) is 0.163. The molecule has 0 radical (unpaired) electrons. The van der Waals surface area contributed by atoms with Gasteiger partial charge in [-0.3, -0.25) is 5.09 Å². The van der Waals surface area contributed by atoms with Crippen molar-refractivity contribution in [2.24, 2.45) is 0 Å². The van der Waals surface area contributed by atoms with Gasteiger partial charge >= 0.3 is 0 Å². The third-order valence-corrected chi connectivity index (χ3v) is 14.4. The molecule has 0 amide bonds. The molecule has 0 rings (SSSR count). The molecule has 0 saturated heterocycles. The van der Waals surface area contributed by atoms with Crippen LogP contribution in [0.15, 0.2) is 0 Å². The lowest BCUT2D eigenvalue weighted by Gasteiger charge is -2.34. The Morgan fingerprint density at radius 3 is 2.38 bits per heavy atom. The maximum Gasteiger partial charge on any atom is 0.219 e. The van der Waals surface area contributed by atoms with Gasteiger partial charge in [-0.05, 0) is 26.3 Å². The Labute approximate surface area is 157 Å². The Kier molecular flexibility index (Phi) is 12.9. The van der Waals surface area contributed by atoms with E-state index >= 15 is 0 Å². The van der Waals surface area contributed by atoms with Crippen molar-refractivity contribution in [3.05, 3.63) is 0 Å². The van der Waals surface area contributed by atoms with E-state index in [1.165, 1.54) is 0 Å². The van der Waals surface area contributed by atoms with Crippen LogP contribution in [0.25, 0.3) is 0 Å². The number of nitrogens with zero attached hydrogens (tertiary/aromatic N) is 2. The monoisotopic (exact) mass is 413 g/mol. The van der Waals surface area contributed by atoms with Crippen molar-refractivity contribution in [2.75, 3.05) is 19.3 Å². The second-order valence-electron chi connectivity index (χ2n) is 5.94. The highest BCUT2D eigenvalue weighted by Crippen LogP contribution is 2.61. The van der Waals surface area contributed by atoms with Crippen molar-refractivity contribution >= 4 is 38.8 Å². The van der Waals surface area contributed by atoms with Crippen molar-refractivity contribution < 1.29 is 8.42 Å². The summed E-state index contributed by atoms with van der Waals surface area (Å²) in [5, 5.41) is 12.0. The van der Waals surface area contributed by atoms with E-state index in [0.717, 1.165) is 32.1 Å². The van der Waals surface area contributed by atoms with Crippen LogP contribution in [-0.4, -0.2) is 37.1 Å². The normalized spacial score (nSPS) is 14.7. The van der Waals surface area contributed by atoms with E-state index in [4.69, 9.17) is 17.1 Å². The molecule has 1 atom stereocenters. The number of hydrogen-bond acceptors (Lipinski definition) is 5. The first-order valence-corrected chi connectivity index (χ1v) is 14.4. The average Bonchev–Trinajstić information content (AvgIpc) is 2.51. The first kappa shape index (κ1) is 24.4. The predicted molar refractivity (Wildman–Crippen MR) is 110 cm³/mol. The summed E-state index contributed by atoms with van der Waals surface area (Å²) >= 11 is 7.35. The third kappa shape index (κ3) is 9.17. The molecule has 0 fully saturated rings. The highest BCUT2D eigenvalue weighted by molar-refractivity contribution is 8.70. The van der Waals surface area contributed by atoms with Gasteiger partial charge in [0.25, 0.3) is 0 Å². The maximum absolute atomic E-state index is 12.8. The minimum absolute atomic E-state index is 0.163. The fraction of sp³-hybridized carbons (Fsp3) is 0.933. The summed E-state index contributed by atoms with van der Waals surface area (Å²) in [6, 6.07) is 2.14. The largest absolute Gasteiger partial charge is 0.272 e. The van der Waals surface area contributed by atoms with Crippen LogP contribution in [0.5, 0.6) is 0 Å². The zero-order chi connectivity index (χ0) is 18.6. The van der Waals surface area contributed by atoms with Gasteiger partial charge in [-0.25, -0.2) is 8.42 Å². The van der Waals surface area contributed by atoms with E-state index in [9.17, 15) is 8.42 Å². The molecular formula is C15H32N3O2PS3. The SMILES string of the molecule is CCCCS(=O)(=O)N(CCCCCCC#N)P(=S)(NC)SC(C)C. The van der Waals surface area contributed by atoms with Crippen LogP contribution in [0.1, 0.15) is 65.7 Å². The average molecular weight is 414 g/mol. The Morgan fingerprint density at radius 1 is 1.25 bits per heavy atom. The van der Waals surface area contributed by atoms with E-state index in [0.29, 0.717) is 19.4 Å². The molecule has 0 bridgehead atoms. The van der Waals surface area contributed by atoms with Gasteiger partial charge in [0.05, 0.1) is 11.8 Å². The number of rotatable bonds is 14. The van der Waals surface area contributed by atoms with Crippen molar-refractivity contribution in [1.29, 1.82) is 5.26 Å². The molecule has 5 nitrogen and oxygen atoms in total. The molecule has 0 aromatic carbocycles. The number of nitrogens with one attached hydrogen (secondary N) is 1. The quantitative estimate of drug-likeness (QED) is 0.334. The molecule has 142 valence electrons. The summed E-state index contributed by atoms with van der Waals surface area (Å²) in [7, 11) is -1.59. The molecule has 0 aliphatic heterocycles. The van der Waals surface area contributed by atoms with Crippen molar-refractivity contribution in [3.8, 4) is 6.07 Å². The predicted octanol–water partition coefficient (Wildman–Crippen LogP) is 4.48. The molecule has 0 spiro atoms. The van der Waals surface area contributed by atoms with Gasteiger partial charge in [-0.15, -0.1) is 0 Å². The van der Waals surface area contributed by atoms with Crippen molar-refractivity contribution in [3.63, 3.8) is 0 Å². The summed E-state index contributed by atoms with van der Waals surface area (Å²) < 4.78 is 27.3. The van der Waals surface area contributed by atoms with Gasteiger partial charge in [-0.1, -0.05) is 63.2 Å². The van der Waals surface area contributed by atoms with Gasteiger partial charge in [0.2, 0.25) is 10.0 Å². The summed E-state index contributed by atoms with van der Waals surface area (Å²) in [5.41, 5.74) is -2.40. The topological polar surface area (TPSA) is 73.2 Å². The number of unbranched alkanes of at least 4 members (excludes halogenated alkanes) is 5. The first-order chi connectivity index (χ1) is 11.2. The van der Waals surface area contributed by atoms with Gasteiger partial charge in [0.15, 0.2) is 0 Å². The molecule has 0 aromatic heterocycles. The lowest BCUT2D eigenvalue weighted by molar-refractivity contribution is 0.514. The van der Waals surface area contributed by atoms with Crippen LogP contribution >= 0.6 is 16.9 Å².